The van der Waals surface area contributed by atoms with Crippen molar-refractivity contribution in [2.24, 2.45) is 5.73 Å². The van der Waals surface area contributed by atoms with E-state index >= 15 is 0 Å². The molecule has 21 heavy (non-hydrogen) atoms. The minimum absolute atomic E-state index is 0.0459. The molecule has 0 radical (unpaired) electrons. The van der Waals surface area contributed by atoms with Crippen LogP contribution < -0.4 is 10.5 Å². The van der Waals surface area contributed by atoms with E-state index in [0.717, 1.165) is 5.57 Å². The number of nitrogens with two attached hydrogens (primary N) is 1. The van der Waals surface area contributed by atoms with Crippen LogP contribution in [0.1, 0.15) is 23.2 Å². The van der Waals surface area contributed by atoms with E-state index in [4.69, 9.17) is 10.5 Å². The molecule has 0 aromatic heterocycles. The van der Waals surface area contributed by atoms with Crippen molar-refractivity contribution in [1.82, 2.24) is 4.31 Å². The number of hydrogen-bond acceptors (Lipinski definition) is 4. The number of primary amides is 1. The predicted molar refractivity (Wildman–Crippen MR) is 78.6 cm³/mol. The maximum absolute atomic E-state index is 12.6. The lowest BCUT2D eigenvalue weighted by atomic mass is 10.1. The van der Waals surface area contributed by atoms with Gasteiger partial charge in [-0.2, -0.15) is 4.31 Å². The second-order valence-electron chi connectivity index (χ2n) is 4.88. The molecule has 0 aliphatic carbocycles. The minimum atomic E-state index is -3.64. The highest BCUT2D eigenvalue weighted by Gasteiger charge is 2.28. The fourth-order valence-electron chi connectivity index (χ4n) is 2.23. The third-order valence-corrected chi connectivity index (χ3v) is 5.40. The molecule has 1 saturated heterocycles. The first kappa shape index (κ1) is 15.5. The lowest BCUT2D eigenvalue weighted by Gasteiger charge is -2.27. The summed E-state index contributed by atoms with van der Waals surface area (Å²) in [6, 6.07) is 4.12. The number of benzene rings is 1. The molecular formula is C14H18N2O4S. The van der Waals surface area contributed by atoms with Gasteiger partial charge in [-0.3, -0.25) is 4.79 Å². The van der Waals surface area contributed by atoms with Gasteiger partial charge in [-0.05, 0) is 31.0 Å². The van der Waals surface area contributed by atoms with Crippen LogP contribution in [0.4, 0.5) is 0 Å². The Kier molecular flexibility index (Phi) is 4.34. The van der Waals surface area contributed by atoms with Gasteiger partial charge in [-0.1, -0.05) is 12.2 Å². The zero-order valence-corrected chi connectivity index (χ0v) is 12.6. The number of rotatable bonds is 4. The predicted octanol–water partition coefficient (Wildman–Crippen LogP) is 1.13. The van der Waals surface area contributed by atoms with Crippen LogP contribution in [-0.4, -0.2) is 38.8 Å². The van der Waals surface area contributed by atoms with Crippen LogP contribution in [0.2, 0.25) is 0 Å². The molecule has 0 saturated carbocycles. The normalized spacial score (nSPS) is 16.7. The van der Waals surface area contributed by atoms with Crippen LogP contribution >= 0.6 is 0 Å². The molecular weight excluding hydrogens is 292 g/mol. The number of carbonyl (C=O) groups excluding carboxylic acids is 1. The molecule has 0 spiro atoms. The van der Waals surface area contributed by atoms with Gasteiger partial charge in [0, 0.05) is 13.1 Å². The second kappa shape index (κ2) is 5.87. The van der Waals surface area contributed by atoms with E-state index in [1.165, 1.54) is 29.6 Å². The lowest BCUT2D eigenvalue weighted by molar-refractivity contribution is 0.0997. The Morgan fingerprint density at radius 3 is 2.48 bits per heavy atom. The van der Waals surface area contributed by atoms with Crippen LogP contribution in [-0.2, 0) is 10.0 Å². The first-order valence-corrected chi connectivity index (χ1v) is 7.95. The molecule has 6 nitrogen and oxygen atoms in total. The van der Waals surface area contributed by atoms with E-state index in [1.807, 2.05) is 0 Å². The number of piperidine rings is 1. The van der Waals surface area contributed by atoms with Gasteiger partial charge in [0.05, 0.1) is 17.6 Å². The standard InChI is InChI=1S/C14H18N2O4S/c1-10-5-7-16(8-6-10)21(18,19)11-3-4-13(20-2)12(9-11)14(15)17/h3-4,9H,1,5-8H2,2H3,(H2,15,17). The highest BCUT2D eigenvalue weighted by atomic mass is 32.2. The molecule has 1 amide bonds. The van der Waals surface area contributed by atoms with Crippen molar-refractivity contribution in [2.75, 3.05) is 20.2 Å². The highest BCUT2D eigenvalue weighted by Crippen LogP contribution is 2.26. The Bertz CT molecular complexity index is 672. The van der Waals surface area contributed by atoms with Gasteiger partial charge in [-0.25, -0.2) is 8.42 Å². The van der Waals surface area contributed by atoms with Crippen molar-refractivity contribution < 1.29 is 17.9 Å². The molecule has 0 bridgehead atoms. The lowest BCUT2D eigenvalue weighted by Crippen LogP contribution is -2.36. The third-order valence-electron chi connectivity index (χ3n) is 3.50. The summed E-state index contributed by atoms with van der Waals surface area (Å²) < 4.78 is 31.6. The summed E-state index contributed by atoms with van der Waals surface area (Å²) in [7, 11) is -2.24. The number of ether oxygens (including phenoxy) is 1. The Morgan fingerprint density at radius 2 is 1.95 bits per heavy atom. The summed E-state index contributed by atoms with van der Waals surface area (Å²) in [4.78, 5) is 11.4. The van der Waals surface area contributed by atoms with Crippen molar-refractivity contribution in [2.45, 2.75) is 17.7 Å². The summed E-state index contributed by atoms with van der Waals surface area (Å²) >= 11 is 0. The zero-order valence-electron chi connectivity index (χ0n) is 11.8. The molecule has 0 atom stereocenters. The fraction of sp³-hybridized carbons (Fsp3) is 0.357. The van der Waals surface area contributed by atoms with Gasteiger partial charge in [0.1, 0.15) is 5.75 Å². The number of carbonyl (C=O) groups is 1. The van der Waals surface area contributed by atoms with Crippen LogP contribution in [0.25, 0.3) is 0 Å². The van der Waals surface area contributed by atoms with E-state index in [0.29, 0.717) is 25.9 Å². The second-order valence-corrected chi connectivity index (χ2v) is 6.82. The molecule has 7 heteroatoms. The van der Waals surface area contributed by atoms with Crippen molar-refractivity contribution in [3.05, 3.63) is 35.9 Å². The number of methoxy groups -OCH3 is 1. The van der Waals surface area contributed by atoms with Gasteiger partial charge in [0.15, 0.2) is 0 Å². The molecule has 114 valence electrons. The van der Waals surface area contributed by atoms with E-state index in [9.17, 15) is 13.2 Å². The average Bonchev–Trinajstić information content (AvgIpc) is 2.46. The van der Waals surface area contributed by atoms with Crippen molar-refractivity contribution in [1.29, 1.82) is 0 Å². The van der Waals surface area contributed by atoms with Crippen molar-refractivity contribution in [3.8, 4) is 5.75 Å². The monoisotopic (exact) mass is 310 g/mol. The highest BCUT2D eigenvalue weighted by molar-refractivity contribution is 7.89. The first-order valence-electron chi connectivity index (χ1n) is 6.51. The van der Waals surface area contributed by atoms with E-state index < -0.39 is 15.9 Å². The Balaban J connectivity index is 2.38. The minimum Gasteiger partial charge on any atom is -0.496 e. The first-order chi connectivity index (χ1) is 9.86. The maximum Gasteiger partial charge on any atom is 0.252 e. The van der Waals surface area contributed by atoms with E-state index in [2.05, 4.69) is 6.58 Å². The largest absolute Gasteiger partial charge is 0.496 e. The van der Waals surface area contributed by atoms with Crippen LogP contribution in [0.15, 0.2) is 35.2 Å². The molecule has 1 aliphatic rings. The molecule has 1 aliphatic heterocycles. The summed E-state index contributed by atoms with van der Waals surface area (Å²) in [5.41, 5.74) is 6.37. The molecule has 1 heterocycles. The summed E-state index contributed by atoms with van der Waals surface area (Å²) in [6.07, 6.45) is 1.30. The molecule has 1 aromatic rings. The Morgan fingerprint density at radius 1 is 1.33 bits per heavy atom. The van der Waals surface area contributed by atoms with Crippen molar-refractivity contribution in [3.63, 3.8) is 0 Å². The fourth-order valence-corrected chi connectivity index (χ4v) is 3.70. The van der Waals surface area contributed by atoms with Crippen LogP contribution in [0, 0.1) is 0 Å². The van der Waals surface area contributed by atoms with E-state index in [-0.39, 0.29) is 16.2 Å². The van der Waals surface area contributed by atoms with E-state index in [1.54, 1.807) is 0 Å². The van der Waals surface area contributed by atoms with Crippen LogP contribution in [0.3, 0.4) is 0 Å². The number of nitrogens with zero attached hydrogens (tertiary/aromatic N) is 1. The summed E-state index contributed by atoms with van der Waals surface area (Å²) in [6.45, 7) is 4.67. The zero-order chi connectivity index (χ0) is 15.6. The van der Waals surface area contributed by atoms with Gasteiger partial charge < -0.3 is 10.5 Å². The Hall–Kier alpha value is -1.86. The van der Waals surface area contributed by atoms with Crippen LogP contribution in [0.5, 0.6) is 5.75 Å². The van der Waals surface area contributed by atoms with Gasteiger partial charge in [0.25, 0.3) is 5.91 Å². The molecule has 2 N–H and O–H groups in total. The molecule has 2 rings (SSSR count). The average molecular weight is 310 g/mol. The smallest absolute Gasteiger partial charge is 0.252 e. The maximum atomic E-state index is 12.6. The SMILES string of the molecule is C=C1CCN(S(=O)(=O)c2ccc(OC)c(C(N)=O)c2)CC1. The quantitative estimate of drug-likeness (QED) is 0.844. The summed E-state index contributed by atoms with van der Waals surface area (Å²) in [5, 5.41) is 0. The van der Waals surface area contributed by atoms with Gasteiger partial charge in [-0.15, -0.1) is 0 Å². The van der Waals surface area contributed by atoms with Crippen molar-refractivity contribution >= 4 is 15.9 Å². The van der Waals surface area contributed by atoms with Gasteiger partial charge in [0.2, 0.25) is 10.0 Å². The Labute approximate surface area is 124 Å². The molecule has 0 unspecified atom stereocenters. The summed E-state index contributed by atoms with van der Waals surface area (Å²) in [5.74, 6) is -0.468. The number of amides is 1. The number of hydrogen-bond donors (Lipinski definition) is 1. The van der Waals surface area contributed by atoms with Gasteiger partial charge >= 0.3 is 0 Å². The number of sulfonamides is 1. The molecule has 1 aromatic carbocycles. The third kappa shape index (κ3) is 3.08. The topological polar surface area (TPSA) is 89.7 Å². The molecule has 1 fully saturated rings.